The normalized spacial score (nSPS) is 11.4. The van der Waals surface area contributed by atoms with Crippen LogP contribution >= 0.6 is 24.0 Å². The zero-order chi connectivity index (χ0) is 15.8. The van der Waals surface area contributed by atoms with Gasteiger partial charge >= 0.3 is 0 Å². The quantitative estimate of drug-likeness (QED) is 0.286. The van der Waals surface area contributed by atoms with E-state index in [0.717, 1.165) is 5.57 Å². The molecule has 0 aromatic rings. The minimum Gasteiger partial charge on any atom is -0.377 e. The molecule has 6 nitrogen and oxygen atoms in total. The minimum absolute atomic E-state index is 0. The molecule has 124 valence electrons. The number of likely N-dealkylation sites (N-methyl/N-ethyl adjacent to an activating group) is 1. The molecule has 2 N–H and O–H groups in total. The van der Waals surface area contributed by atoms with Crippen molar-refractivity contribution in [3.8, 4) is 0 Å². The molecule has 0 unspecified atom stereocenters. The molecule has 0 saturated heterocycles. The first-order chi connectivity index (χ1) is 9.18. The SMILES string of the molecule is C=C(C)CNC(=NCC(=O)N(C)C)NCC(C)(C)OC.I. The van der Waals surface area contributed by atoms with Gasteiger partial charge in [0.1, 0.15) is 6.54 Å². The highest BCUT2D eigenvalue weighted by Gasteiger charge is 2.16. The molecule has 0 aliphatic heterocycles. The first-order valence-electron chi connectivity index (χ1n) is 6.60. The fourth-order valence-corrected chi connectivity index (χ4v) is 1.07. The Morgan fingerprint density at radius 3 is 2.33 bits per heavy atom. The summed E-state index contributed by atoms with van der Waals surface area (Å²) >= 11 is 0. The van der Waals surface area contributed by atoms with E-state index in [0.29, 0.717) is 19.0 Å². The Balaban J connectivity index is 0. The van der Waals surface area contributed by atoms with Crippen LogP contribution in [0.4, 0.5) is 0 Å². The van der Waals surface area contributed by atoms with E-state index in [1.54, 1.807) is 21.2 Å². The lowest BCUT2D eigenvalue weighted by molar-refractivity contribution is -0.127. The van der Waals surface area contributed by atoms with E-state index in [2.05, 4.69) is 22.2 Å². The summed E-state index contributed by atoms with van der Waals surface area (Å²) in [4.78, 5) is 17.3. The van der Waals surface area contributed by atoms with Crippen molar-refractivity contribution in [3.63, 3.8) is 0 Å². The second-order valence-corrected chi connectivity index (χ2v) is 5.58. The Morgan fingerprint density at radius 1 is 1.33 bits per heavy atom. The number of rotatable bonds is 7. The molecule has 1 amide bonds. The van der Waals surface area contributed by atoms with Gasteiger partial charge in [-0.05, 0) is 20.8 Å². The highest BCUT2D eigenvalue weighted by Crippen LogP contribution is 2.04. The predicted molar refractivity (Wildman–Crippen MR) is 98.3 cm³/mol. The molecule has 7 heteroatoms. The van der Waals surface area contributed by atoms with Crippen LogP contribution in [-0.2, 0) is 9.53 Å². The maximum Gasteiger partial charge on any atom is 0.243 e. The largest absolute Gasteiger partial charge is 0.377 e. The van der Waals surface area contributed by atoms with Crippen molar-refractivity contribution in [2.75, 3.05) is 40.8 Å². The van der Waals surface area contributed by atoms with Gasteiger partial charge < -0.3 is 20.3 Å². The zero-order valence-corrected chi connectivity index (χ0v) is 16.3. The molecule has 0 aromatic carbocycles. The fourth-order valence-electron chi connectivity index (χ4n) is 1.07. The van der Waals surface area contributed by atoms with E-state index in [-0.39, 0.29) is 42.0 Å². The summed E-state index contributed by atoms with van der Waals surface area (Å²) in [6, 6.07) is 0. The average molecular weight is 412 g/mol. The summed E-state index contributed by atoms with van der Waals surface area (Å²) in [5, 5.41) is 6.29. The maximum absolute atomic E-state index is 11.6. The van der Waals surface area contributed by atoms with E-state index in [1.165, 1.54) is 4.90 Å². The number of carbonyl (C=O) groups excluding carboxylic acids is 1. The lowest BCUT2D eigenvalue weighted by atomic mass is 10.1. The monoisotopic (exact) mass is 412 g/mol. The molecule has 0 fully saturated rings. The molecule has 21 heavy (non-hydrogen) atoms. The highest BCUT2D eigenvalue weighted by atomic mass is 127. The summed E-state index contributed by atoms with van der Waals surface area (Å²) in [5.74, 6) is 0.528. The lowest BCUT2D eigenvalue weighted by Gasteiger charge is -2.24. The number of amides is 1. The molecule has 0 spiro atoms. The molecular formula is C14H29IN4O2. The number of hydrogen-bond acceptors (Lipinski definition) is 3. The Kier molecular flexibility index (Phi) is 11.6. The van der Waals surface area contributed by atoms with Gasteiger partial charge in [-0.2, -0.15) is 0 Å². The van der Waals surface area contributed by atoms with Gasteiger partial charge in [0.25, 0.3) is 0 Å². The van der Waals surface area contributed by atoms with Crippen molar-refractivity contribution in [2.45, 2.75) is 26.4 Å². The highest BCUT2D eigenvalue weighted by molar-refractivity contribution is 14.0. The van der Waals surface area contributed by atoms with E-state index >= 15 is 0 Å². The molecule has 0 saturated carbocycles. The number of carbonyl (C=O) groups is 1. The summed E-state index contributed by atoms with van der Waals surface area (Å²) in [7, 11) is 5.08. The summed E-state index contributed by atoms with van der Waals surface area (Å²) < 4.78 is 5.34. The number of methoxy groups -OCH3 is 1. The second-order valence-electron chi connectivity index (χ2n) is 5.58. The maximum atomic E-state index is 11.6. The Morgan fingerprint density at radius 2 is 1.90 bits per heavy atom. The number of nitrogens with one attached hydrogen (secondary N) is 2. The summed E-state index contributed by atoms with van der Waals surface area (Å²) in [5.41, 5.74) is 0.682. The molecule has 0 rings (SSSR count). The molecule has 0 heterocycles. The van der Waals surface area contributed by atoms with Crippen molar-refractivity contribution in [2.24, 2.45) is 4.99 Å². The second kappa shape index (κ2) is 10.8. The van der Waals surface area contributed by atoms with Gasteiger partial charge in [0.2, 0.25) is 5.91 Å². The van der Waals surface area contributed by atoms with Gasteiger partial charge in [0.05, 0.1) is 5.60 Å². The van der Waals surface area contributed by atoms with Gasteiger partial charge in [-0.1, -0.05) is 12.2 Å². The van der Waals surface area contributed by atoms with Crippen LogP contribution in [0.1, 0.15) is 20.8 Å². The molecular weight excluding hydrogens is 383 g/mol. The Hall–Kier alpha value is -0.830. The Bertz CT molecular complexity index is 368. The smallest absolute Gasteiger partial charge is 0.243 e. The van der Waals surface area contributed by atoms with Crippen molar-refractivity contribution in [1.29, 1.82) is 0 Å². The summed E-state index contributed by atoms with van der Waals surface area (Å²) in [6.07, 6.45) is 0. The molecule has 0 bridgehead atoms. The number of guanidine groups is 1. The number of aliphatic imine (C=N–C) groups is 1. The fraction of sp³-hybridized carbons (Fsp3) is 0.714. The first kappa shape index (κ1) is 22.5. The summed E-state index contributed by atoms with van der Waals surface area (Å²) in [6.45, 7) is 11.0. The molecule has 0 aliphatic carbocycles. The van der Waals surface area contributed by atoms with Crippen LogP contribution in [0.2, 0.25) is 0 Å². The third kappa shape index (κ3) is 11.5. The van der Waals surface area contributed by atoms with Crippen molar-refractivity contribution in [1.82, 2.24) is 15.5 Å². The minimum atomic E-state index is -0.308. The van der Waals surface area contributed by atoms with Crippen LogP contribution in [0.25, 0.3) is 0 Å². The number of nitrogens with zero attached hydrogens (tertiary/aromatic N) is 2. The van der Waals surface area contributed by atoms with Gasteiger partial charge in [0, 0.05) is 34.3 Å². The van der Waals surface area contributed by atoms with Crippen LogP contribution < -0.4 is 10.6 Å². The van der Waals surface area contributed by atoms with Gasteiger partial charge in [-0.25, -0.2) is 4.99 Å². The Labute approximate surface area is 145 Å². The van der Waals surface area contributed by atoms with Crippen molar-refractivity contribution < 1.29 is 9.53 Å². The molecule has 0 aromatic heterocycles. The third-order valence-corrected chi connectivity index (χ3v) is 2.66. The van der Waals surface area contributed by atoms with E-state index < -0.39 is 0 Å². The average Bonchev–Trinajstić information content (AvgIpc) is 2.37. The number of ether oxygens (including phenoxy) is 1. The molecule has 0 atom stereocenters. The van der Waals surface area contributed by atoms with Crippen LogP contribution in [-0.4, -0.2) is 63.2 Å². The topological polar surface area (TPSA) is 66.0 Å². The van der Waals surface area contributed by atoms with Gasteiger partial charge in [0.15, 0.2) is 5.96 Å². The lowest BCUT2D eigenvalue weighted by Crippen LogP contribution is -2.46. The van der Waals surface area contributed by atoms with Gasteiger partial charge in [-0.15, -0.1) is 24.0 Å². The van der Waals surface area contributed by atoms with Crippen molar-refractivity contribution in [3.05, 3.63) is 12.2 Å². The van der Waals surface area contributed by atoms with Crippen LogP contribution in [0.3, 0.4) is 0 Å². The van der Waals surface area contributed by atoms with Crippen LogP contribution in [0.15, 0.2) is 17.1 Å². The van der Waals surface area contributed by atoms with Crippen molar-refractivity contribution >= 4 is 35.8 Å². The number of halogens is 1. The predicted octanol–water partition coefficient (Wildman–Crippen LogP) is 1.23. The zero-order valence-electron chi connectivity index (χ0n) is 13.9. The van der Waals surface area contributed by atoms with E-state index in [1.807, 2.05) is 20.8 Å². The van der Waals surface area contributed by atoms with E-state index in [9.17, 15) is 4.79 Å². The van der Waals surface area contributed by atoms with Gasteiger partial charge in [-0.3, -0.25) is 4.79 Å². The number of hydrogen-bond donors (Lipinski definition) is 2. The molecule has 0 radical (unpaired) electrons. The third-order valence-electron chi connectivity index (χ3n) is 2.66. The van der Waals surface area contributed by atoms with Crippen LogP contribution in [0, 0.1) is 0 Å². The first-order valence-corrected chi connectivity index (χ1v) is 6.60. The standard InChI is InChI=1S/C14H28N4O2.HI/c1-11(2)8-15-13(16-9-12(19)18(5)6)17-10-14(3,4)20-7;/h1,8-10H2,2-7H3,(H2,15,16,17);1H. The van der Waals surface area contributed by atoms with E-state index in [4.69, 9.17) is 4.74 Å². The molecule has 0 aliphatic rings. The van der Waals surface area contributed by atoms with Crippen LogP contribution in [0.5, 0.6) is 0 Å².